The van der Waals surface area contributed by atoms with Gasteiger partial charge in [0.05, 0.1) is 5.69 Å². The Bertz CT molecular complexity index is 338. The molecule has 0 fully saturated rings. The van der Waals surface area contributed by atoms with Crippen molar-refractivity contribution in [3.8, 4) is 0 Å². The number of benzene rings is 1. The first kappa shape index (κ1) is 8.45. The van der Waals surface area contributed by atoms with Gasteiger partial charge >= 0.3 is 5.97 Å². The molecular formula is C7H5F2NO2. The minimum Gasteiger partial charge on any atom is -0.478 e. The van der Waals surface area contributed by atoms with Gasteiger partial charge in [0.2, 0.25) is 0 Å². The van der Waals surface area contributed by atoms with E-state index in [0.717, 1.165) is 6.07 Å². The Morgan fingerprint density at radius 3 is 2.50 bits per heavy atom. The number of rotatable bonds is 1. The molecule has 0 spiro atoms. The van der Waals surface area contributed by atoms with Crippen LogP contribution in [0.15, 0.2) is 12.1 Å². The van der Waals surface area contributed by atoms with Gasteiger partial charge in [-0.1, -0.05) is 0 Å². The van der Waals surface area contributed by atoms with E-state index in [1.54, 1.807) is 0 Å². The van der Waals surface area contributed by atoms with Crippen molar-refractivity contribution < 1.29 is 18.7 Å². The SMILES string of the molecule is Nc1cc(F)cc(C(=O)O)c1F. The van der Waals surface area contributed by atoms with Crippen molar-refractivity contribution in [3.63, 3.8) is 0 Å². The molecule has 0 saturated heterocycles. The van der Waals surface area contributed by atoms with Crippen LogP contribution in [-0.4, -0.2) is 11.1 Å². The summed E-state index contributed by atoms with van der Waals surface area (Å²) in [5, 5.41) is 8.35. The molecule has 1 rings (SSSR count). The number of carboxylic acids is 1. The number of nitrogen functional groups attached to an aromatic ring is 1. The molecule has 0 radical (unpaired) electrons. The summed E-state index contributed by atoms with van der Waals surface area (Å²) >= 11 is 0. The lowest BCUT2D eigenvalue weighted by molar-refractivity contribution is 0.0691. The average Bonchev–Trinajstić information content (AvgIpc) is 1.96. The number of hydrogen-bond acceptors (Lipinski definition) is 2. The molecule has 0 atom stereocenters. The Kier molecular flexibility index (Phi) is 1.95. The molecule has 1 aromatic carbocycles. The predicted octanol–water partition coefficient (Wildman–Crippen LogP) is 1.25. The third kappa shape index (κ3) is 1.34. The lowest BCUT2D eigenvalue weighted by atomic mass is 10.2. The fourth-order valence-corrected chi connectivity index (χ4v) is 0.766. The Labute approximate surface area is 66.4 Å². The minimum atomic E-state index is -1.54. The molecule has 0 aliphatic rings. The van der Waals surface area contributed by atoms with E-state index in [-0.39, 0.29) is 0 Å². The summed E-state index contributed by atoms with van der Waals surface area (Å²) in [6, 6.07) is 1.30. The number of halogens is 2. The lowest BCUT2D eigenvalue weighted by Gasteiger charge is -2.00. The molecule has 0 aliphatic heterocycles. The third-order valence-electron chi connectivity index (χ3n) is 1.30. The molecule has 0 aromatic heterocycles. The van der Waals surface area contributed by atoms with E-state index >= 15 is 0 Å². The molecule has 0 unspecified atom stereocenters. The molecule has 0 heterocycles. The van der Waals surface area contributed by atoms with Crippen molar-refractivity contribution in [2.75, 3.05) is 5.73 Å². The zero-order chi connectivity index (χ0) is 9.30. The van der Waals surface area contributed by atoms with Crippen LogP contribution in [0.5, 0.6) is 0 Å². The average molecular weight is 173 g/mol. The topological polar surface area (TPSA) is 63.3 Å². The first-order valence-corrected chi connectivity index (χ1v) is 3.00. The fourth-order valence-electron chi connectivity index (χ4n) is 0.766. The third-order valence-corrected chi connectivity index (χ3v) is 1.30. The molecule has 0 bridgehead atoms. The maximum atomic E-state index is 12.8. The van der Waals surface area contributed by atoms with E-state index < -0.39 is 28.9 Å². The highest BCUT2D eigenvalue weighted by atomic mass is 19.1. The van der Waals surface area contributed by atoms with Crippen molar-refractivity contribution in [1.29, 1.82) is 0 Å². The molecule has 5 heteroatoms. The Balaban J connectivity index is 3.37. The van der Waals surface area contributed by atoms with Crippen LogP contribution in [-0.2, 0) is 0 Å². The number of carbonyl (C=O) groups is 1. The predicted molar refractivity (Wildman–Crippen MR) is 37.7 cm³/mol. The van der Waals surface area contributed by atoms with Crippen LogP contribution in [0.2, 0.25) is 0 Å². The smallest absolute Gasteiger partial charge is 0.338 e. The number of hydrogen-bond donors (Lipinski definition) is 2. The second-order valence-electron chi connectivity index (χ2n) is 2.16. The number of carboxylic acid groups (broad SMARTS) is 1. The molecule has 12 heavy (non-hydrogen) atoms. The zero-order valence-electron chi connectivity index (χ0n) is 5.84. The second-order valence-corrected chi connectivity index (χ2v) is 2.16. The van der Waals surface area contributed by atoms with E-state index in [1.807, 2.05) is 0 Å². The maximum absolute atomic E-state index is 12.8. The number of nitrogens with two attached hydrogens (primary N) is 1. The number of aromatic carboxylic acids is 1. The van der Waals surface area contributed by atoms with Crippen LogP contribution in [0.1, 0.15) is 10.4 Å². The van der Waals surface area contributed by atoms with Gasteiger partial charge in [-0.3, -0.25) is 0 Å². The highest BCUT2D eigenvalue weighted by Crippen LogP contribution is 2.16. The molecule has 0 aliphatic carbocycles. The van der Waals surface area contributed by atoms with Gasteiger partial charge in [0.25, 0.3) is 0 Å². The van der Waals surface area contributed by atoms with Crippen molar-refractivity contribution in [3.05, 3.63) is 29.3 Å². The van der Waals surface area contributed by atoms with Crippen LogP contribution >= 0.6 is 0 Å². The van der Waals surface area contributed by atoms with Gasteiger partial charge in [0.15, 0.2) is 5.82 Å². The first-order chi connectivity index (χ1) is 5.52. The van der Waals surface area contributed by atoms with Crippen LogP contribution in [0.4, 0.5) is 14.5 Å². The summed E-state index contributed by atoms with van der Waals surface area (Å²) < 4.78 is 25.2. The quantitative estimate of drug-likeness (QED) is 0.628. The first-order valence-electron chi connectivity index (χ1n) is 3.00. The zero-order valence-corrected chi connectivity index (χ0v) is 5.84. The Hall–Kier alpha value is -1.65. The summed E-state index contributed by atoms with van der Waals surface area (Å²) in [5.41, 5.74) is 3.72. The van der Waals surface area contributed by atoms with Crippen LogP contribution in [0, 0.1) is 11.6 Å². The highest BCUT2D eigenvalue weighted by Gasteiger charge is 2.14. The van der Waals surface area contributed by atoms with E-state index in [2.05, 4.69) is 0 Å². The van der Waals surface area contributed by atoms with Crippen molar-refractivity contribution >= 4 is 11.7 Å². The van der Waals surface area contributed by atoms with E-state index in [0.29, 0.717) is 6.07 Å². The molecule has 64 valence electrons. The van der Waals surface area contributed by atoms with Crippen molar-refractivity contribution in [2.45, 2.75) is 0 Å². The molecular weight excluding hydrogens is 168 g/mol. The summed E-state index contributed by atoms with van der Waals surface area (Å²) in [4.78, 5) is 10.3. The van der Waals surface area contributed by atoms with E-state index in [4.69, 9.17) is 10.8 Å². The Morgan fingerprint density at radius 1 is 1.42 bits per heavy atom. The van der Waals surface area contributed by atoms with Gasteiger partial charge in [0.1, 0.15) is 11.4 Å². The van der Waals surface area contributed by atoms with Crippen molar-refractivity contribution in [2.24, 2.45) is 0 Å². The van der Waals surface area contributed by atoms with E-state index in [1.165, 1.54) is 0 Å². The summed E-state index contributed by atoms with van der Waals surface area (Å²) in [6.07, 6.45) is 0. The maximum Gasteiger partial charge on any atom is 0.338 e. The van der Waals surface area contributed by atoms with Gasteiger partial charge in [-0.05, 0) is 12.1 Å². The van der Waals surface area contributed by atoms with Gasteiger partial charge in [-0.15, -0.1) is 0 Å². The van der Waals surface area contributed by atoms with Gasteiger partial charge in [0, 0.05) is 0 Å². The molecule has 3 N–H and O–H groups in total. The van der Waals surface area contributed by atoms with Gasteiger partial charge in [-0.2, -0.15) is 0 Å². The van der Waals surface area contributed by atoms with Crippen LogP contribution in [0.25, 0.3) is 0 Å². The Morgan fingerprint density at radius 2 is 2.00 bits per heavy atom. The summed E-state index contributed by atoms with van der Waals surface area (Å²) in [7, 11) is 0. The van der Waals surface area contributed by atoms with Crippen LogP contribution in [0.3, 0.4) is 0 Å². The largest absolute Gasteiger partial charge is 0.478 e. The monoisotopic (exact) mass is 173 g/mol. The van der Waals surface area contributed by atoms with Gasteiger partial charge in [-0.25, -0.2) is 13.6 Å². The van der Waals surface area contributed by atoms with Gasteiger partial charge < -0.3 is 10.8 Å². The van der Waals surface area contributed by atoms with E-state index in [9.17, 15) is 13.6 Å². The molecule has 1 aromatic rings. The minimum absolute atomic E-state index is 0.507. The standard InChI is InChI=1S/C7H5F2NO2/c8-3-1-4(7(11)12)6(9)5(10)2-3/h1-2H,10H2,(H,11,12). The normalized spacial score (nSPS) is 9.83. The molecule has 3 nitrogen and oxygen atoms in total. The second kappa shape index (κ2) is 2.77. The van der Waals surface area contributed by atoms with Crippen LogP contribution < -0.4 is 5.73 Å². The fraction of sp³-hybridized carbons (Fsp3) is 0. The molecule has 0 amide bonds. The lowest BCUT2D eigenvalue weighted by Crippen LogP contribution is -2.04. The summed E-state index contributed by atoms with van der Waals surface area (Å²) in [5.74, 6) is -3.52. The molecule has 0 saturated carbocycles. The summed E-state index contributed by atoms with van der Waals surface area (Å²) in [6.45, 7) is 0. The van der Waals surface area contributed by atoms with Crippen molar-refractivity contribution in [1.82, 2.24) is 0 Å². The number of anilines is 1. The highest BCUT2D eigenvalue weighted by molar-refractivity contribution is 5.89.